The maximum atomic E-state index is 12.9. The van der Waals surface area contributed by atoms with E-state index in [-0.39, 0.29) is 5.43 Å². The molecule has 0 atom stereocenters. The van der Waals surface area contributed by atoms with Crippen LogP contribution in [0.3, 0.4) is 0 Å². The molecule has 0 radical (unpaired) electrons. The normalized spacial score (nSPS) is 10.6. The van der Waals surface area contributed by atoms with Crippen LogP contribution in [0.15, 0.2) is 69.9 Å². The minimum atomic E-state index is -0.396. The number of nitrogens with one attached hydrogen (secondary N) is 1. The van der Waals surface area contributed by atoms with Gasteiger partial charge in [-0.1, -0.05) is 0 Å². The Morgan fingerprint density at radius 1 is 0.794 bits per heavy atom. The van der Waals surface area contributed by atoms with Gasteiger partial charge in [0.25, 0.3) is 5.91 Å². The van der Waals surface area contributed by atoms with E-state index in [0.29, 0.717) is 51.0 Å². The fourth-order valence-corrected chi connectivity index (χ4v) is 3.55. The molecular weight excluding hydrogens is 438 g/mol. The molecule has 0 bridgehead atoms. The zero-order chi connectivity index (χ0) is 24.2. The van der Waals surface area contributed by atoms with Gasteiger partial charge in [-0.25, -0.2) is 0 Å². The Kier molecular flexibility index (Phi) is 6.40. The highest BCUT2D eigenvalue weighted by Gasteiger charge is 2.17. The van der Waals surface area contributed by atoms with Gasteiger partial charge >= 0.3 is 0 Å². The predicted molar refractivity (Wildman–Crippen MR) is 129 cm³/mol. The number of fused-ring (bicyclic) bond motifs is 1. The van der Waals surface area contributed by atoms with E-state index in [9.17, 15) is 9.59 Å². The van der Waals surface area contributed by atoms with Gasteiger partial charge in [-0.2, -0.15) is 0 Å². The Balaban J connectivity index is 1.67. The minimum absolute atomic E-state index is 0.186. The summed E-state index contributed by atoms with van der Waals surface area (Å²) in [6, 6.07) is 16.6. The van der Waals surface area contributed by atoms with Crippen molar-refractivity contribution in [2.24, 2.45) is 0 Å². The summed E-state index contributed by atoms with van der Waals surface area (Å²) in [4.78, 5) is 25.6. The fourth-order valence-electron chi connectivity index (χ4n) is 3.55. The number of rotatable bonds is 7. The van der Waals surface area contributed by atoms with Crippen molar-refractivity contribution >= 4 is 22.6 Å². The number of anilines is 1. The van der Waals surface area contributed by atoms with E-state index in [2.05, 4.69) is 5.32 Å². The smallest absolute Gasteiger partial charge is 0.255 e. The molecule has 0 aliphatic carbocycles. The maximum absolute atomic E-state index is 12.9. The van der Waals surface area contributed by atoms with E-state index in [0.717, 1.165) is 5.56 Å². The number of methoxy groups -OCH3 is 4. The summed E-state index contributed by atoms with van der Waals surface area (Å²) in [5, 5.41) is 3.22. The number of hydrogen-bond donors (Lipinski definition) is 1. The van der Waals surface area contributed by atoms with E-state index in [1.807, 2.05) is 0 Å². The average Bonchev–Trinajstić information content (AvgIpc) is 2.87. The first kappa shape index (κ1) is 22.7. The van der Waals surface area contributed by atoms with Crippen LogP contribution in [0.4, 0.5) is 5.69 Å². The Bertz CT molecular complexity index is 1380. The van der Waals surface area contributed by atoms with Gasteiger partial charge in [-0.3, -0.25) is 9.59 Å². The van der Waals surface area contributed by atoms with Gasteiger partial charge in [0.2, 0.25) is 5.75 Å². The molecule has 1 N–H and O–H groups in total. The summed E-state index contributed by atoms with van der Waals surface area (Å²) in [7, 11) is 6.03. The SMILES string of the molecule is COc1ccc(-c2cc(=O)c3ccc(NC(=O)c4cc(OC)c(OC)c(OC)c4)cc3o2)cc1. The van der Waals surface area contributed by atoms with Gasteiger partial charge in [0, 0.05) is 28.9 Å². The highest BCUT2D eigenvalue weighted by atomic mass is 16.5. The number of benzene rings is 3. The van der Waals surface area contributed by atoms with E-state index in [1.165, 1.54) is 27.4 Å². The van der Waals surface area contributed by atoms with Crippen LogP contribution in [-0.2, 0) is 0 Å². The standard InChI is InChI=1S/C26H23NO7/c1-30-18-8-5-15(6-9-18)21-14-20(28)19-10-7-17(13-22(19)34-21)27-26(29)16-11-23(31-2)25(33-4)24(12-16)32-3/h5-14H,1-4H3,(H,27,29). The molecule has 1 heterocycles. The summed E-state index contributed by atoms with van der Waals surface area (Å²) < 4.78 is 27.1. The van der Waals surface area contributed by atoms with Crippen molar-refractivity contribution in [3.05, 3.63) is 76.5 Å². The summed E-state index contributed by atoms with van der Waals surface area (Å²) in [5.41, 5.74) is 1.66. The first-order valence-electron chi connectivity index (χ1n) is 10.3. The number of carbonyl (C=O) groups is 1. The van der Waals surface area contributed by atoms with Crippen LogP contribution in [-0.4, -0.2) is 34.3 Å². The lowest BCUT2D eigenvalue weighted by atomic mass is 10.1. The lowest BCUT2D eigenvalue weighted by Gasteiger charge is -2.14. The molecule has 1 amide bonds. The van der Waals surface area contributed by atoms with E-state index < -0.39 is 5.91 Å². The summed E-state index contributed by atoms with van der Waals surface area (Å²) in [5.74, 6) is 1.82. The molecule has 0 saturated heterocycles. The molecule has 4 aromatic rings. The van der Waals surface area contributed by atoms with Crippen LogP contribution in [0.2, 0.25) is 0 Å². The summed E-state index contributed by atoms with van der Waals surface area (Å²) in [6.07, 6.45) is 0. The molecule has 34 heavy (non-hydrogen) atoms. The molecule has 0 aliphatic rings. The first-order chi connectivity index (χ1) is 16.5. The molecular formula is C26H23NO7. The lowest BCUT2D eigenvalue weighted by Crippen LogP contribution is -2.13. The van der Waals surface area contributed by atoms with Crippen molar-refractivity contribution in [1.29, 1.82) is 0 Å². The highest BCUT2D eigenvalue weighted by molar-refractivity contribution is 6.05. The fraction of sp³-hybridized carbons (Fsp3) is 0.154. The Morgan fingerprint density at radius 3 is 2.06 bits per heavy atom. The van der Waals surface area contributed by atoms with Gasteiger partial charge in [-0.05, 0) is 48.5 Å². The van der Waals surface area contributed by atoms with Gasteiger partial charge in [0.15, 0.2) is 16.9 Å². The Hall–Kier alpha value is -4.46. The predicted octanol–water partition coefficient (Wildman–Crippen LogP) is 4.75. The molecule has 174 valence electrons. The van der Waals surface area contributed by atoms with Crippen molar-refractivity contribution in [3.63, 3.8) is 0 Å². The maximum Gasteiger partial charge on any atom is 0.255 e. The quantitative estimate of drug-likeness (QED) is 0.424. The average molecular weight is 461 g/mol. The van der Waals surface area contributed by atoms with Gasteiger partial charge in [-0.15, -0.1) is 0 Å². The lowest BCUT2D eigenvalue weighted by molar-refractivity contribution is 0.102. The highest BCUT2D eigenvalue weighted by Crippen LogP contribution is 2.38. The van der Waals surface area contributed by atoms with Gasteiger partial charge < -0.3 is 28.7 Å². The van der Waals surface area contributed by atoms with Crippen LogP contribution in [0.25, 0.3) is 22.3 Å². The number of amides is 1. The second-order valence-electron chi connectivity index (χ2n) is 7.28. The molecule has 0 aliphatic heterocycles. The van der Waals surface area contributed by atoms with E-state index in [1.54, 1.807) is 61.7 Å². The minimum Gasteiger partial charge on any atom is -0.497 e. The van der Waals surface area contributed by atoms with Crippen molar-refractivity contribution in [2.75, 3.05) is 33.8 Å². The van der Waals surface area contributed by atoms with Crippen LogP contribution >= 0.6 is 0 Å². The molecule has 1 aromatic heterocycles. The molecule has 8 heteroatoms. The summed E-state index contributed by atoms with van der Waals surface area (Å²) >= 11 is 0. The van der Waals surface area contributed by atoms with Crippen molar-refractivity contribution in [3.8, 4) is 34.3 Å². The largest absolute Gasteiger partial charge is 0.497 e. The molecule has 8 nitrogen and oxygen atoms in total. The third-order valence-corrected chi connectivity index (χ3v) is 5.29. The number of carbonyl (C=O) groups excluding carboxylic acids is 1. The second-order valence-corrected chi connectivity index (χ2v) is 7.28. The second kappa shape index (κ2) is 9.58. The van der Waals surface area contributed by atoms with Crippen LogP contribution in [0.1, 0.15) is 10.4 Å². The van der Waals surface area contributed by atoms with Crippen LogP contribution in [0.5, 0.6) is 23.0 Å². The zero-order valence-electron chi connectivity index (χ0n) is 19.1. The Morgan fingerprint density at radius 2 is 1.47 bits per heavy atom. The molecule has 3 aromatic carbocycles. The van der Waals surface area contributed by atoms with Crippen molar-refractivity contribution in [1.82, 2.24) is 0 Å². The summed E-state index contributed by atoms with van der Waals surface area (Å²) in [6.45, 7) is 0. The van der Waals surface area contributed by atoms with Crippen molar-refractivity contribution in [2.45, 2.75) is 0 Å². The van der Waals surface area contributed by atoms with Crippen LogP contribution < -0.4 is 29.7 Å². The van der Waals surface area contributed by atoms with Gasteiger partial charge in [0.05, 0.1) is 33.8 Å². The monoisotopic (exact) mass is 461 g/mol. The number of hydrogen-bond acceptors (Lipinski definition) is 7. The van der Waals surface area contributed by atoms with E-state index in [4.69, 9.17) is 23.4 Å². The molecule has 4 rings (SSSR count). The molecule has 0 unspecified atom stereocenters. The third kappa shape index (κ3) is 4.38. The number of ether oxygens (including phenoxy) is 4. The molecule has 0 spiro atoms. The Labute approximate surface area is 195 Å². The first-order valence-corrected chi connectivity index (χ1v) is 10.3. The zero-order valence-corrected chi connectivity index (χ0v) is 19.1. The third-order valence-electron chi connectivity index (χ3n) is 5.29. The van der Waals surface area contributed by atoms with E-state index >= 15 is 0 Å². The molecule has 0 fully saturated rings. The molecule has 0 saturated carbocycles. The van der Waals surface area contributed by atoms with Crippen LogP contribution in [0, 0.1) is 0 Å². The van der Waals surface area contributed by atoms with Gasteiger partial charge in [0.1, 0.15) is 17.1 Å². The van der Waals surface area contributed by atoms with Crippen molar-refractivity contribution < 1.29 is 28.2 Å². The topological polar surface area (TPSA) is 96.2 Å².